The van der Waals surface area contributed by atoms with Crippen molar-refractivity contribution in [2.75, 3.05) is 0 Å². The summed E-state index contributed by atoms with van der Waals surface area (Å²) in [4.78, 5) is 0. The molecule has 0 saturated heterocycles. The molecule has 0 unspecified atom stereocenters. The van der Waals surface area contributed by atoms with Gasteiger partial charge >= 0.3 is 0 Å². The van der Waals surface area contributed by atoms with E-state index in [0.29, 0.717) is 12.5 Å². The number of hydrogen-bond donors (Lipinski definition) is 2. The minimum absolute atomic E-state index is 0.00519. The molecule has 1 rings (SSSR count). The Hall–Kier alpha value is -1.72. The third-order valence-electron chi connectivity index (χ3n) is 0.741. The van der Waals surface area contributed by atoms with Crippen LogP contribution in [0.15, 0.2) is 0 Å². The predicted molar refractivity (Wildman–Crippen MR) is 31.1 cm³/mol. The summed E-state index contributed by atoms with van der Waals surface area (Å²) in [7, 11) is 0. The van der Waals surface area contributed by atoms with Crippen LogP contribution in [0.4, 0.5) is 0 Å². The minimum Gasteiger partial charge on any atom is -0.512 e. The van der Waals surface area contributed by atoms with Gasteiger partial charge < -0.3 is 10.2 Å². The van der Waals surface area contributed by atoms with Gasteiger partial charge in [0.05, 0.1) is 0 Å². The van der Waals surface area contributed by atoms with Crippen LogP contribution in [0.2, 0.25) is 0 Å². The lowest BCUT2D eigenvalue weighted by molar-refractivity contribution is 0.522. The van der Waals surface area contributed by atoms with Crippen LogP contribution in [0.5, 0.6) is 0 Å². The summed E-state index contributed by atoms with van der Waals surface area (Å²) in [5.74, 6) is 0. The Labute approximate surface area is 55.2 Å². The summed E-state index contributed by atoms with van der Waals surface area (Å²) < 4.78 is 0. The van der Waals surface area contributed by atoms with Crippen molar-refractivity contribution in [1.29, 1.82) is 0 Å². The second-order valence-corrected chi connectivity index (χ2v) is 1.37. The van der Waals surface area contributed by atoms with E-state index in [-0.39, 0.29) is 11.0 Å². The summed E-state index contributed by atoms with van der Waals surface area (Å²) >= 11 is 0. The van der Waals surface area contributed by atoms with Crippen LogP contribution in [0.3, 0.4) is 0 Å². The van der Waals surface area contributed by atoms with Gasteiger partial charge in [-0.25, -0.2) is 0 Å². The molecule has 1 heterocycles. The van der Waals surface area contributed by atoms with E-state index >= 15 is 0 Å². The van der Waals surface area contributed by atoms with Crippen molar-refractivity contribution in [3.05, 3.63) is 11.0 Å². The highest BCUT2D eigenvalue weighted by Gasteiger charge is 1.82. The van der Waals surface area contributed by atoms with Crippen LogP contribution in [0, 0.1) is 0 Å². The van der Waals surface area contributed by atoms with Crippen molar-refractivity contribution < 1.29 is 10.2 Å². The van der Waals surface area contributed by atoms with Crippen LogP contribution >= 0.6 is 0 Å². The summed E-state index contributed by atoms with van der Waals surface area (Å²) in [6.45, 7) is 0. The Kier molecular flexibility index (Phi) is 1.74. The highest BCUT2D eigenvalue weighted by atomic mass is 16.2. The Morgan fingerprint density at radius 1 is 0.800 bits per heavy atom. The second-order valence-electron chi connectivity index (χ2n) is 1.37. The zero-order valence-corrected chi connectivity index (χ0v) is 4.84. The van der Waals surface area contributed by atoms with Crippen LogP contribution < -0.4 is 11.0 Å². The van der Waals surface area contributed by atoms with E-state index in [1.807, 2.05) is 0 Å². The van der Waals surface area contributed by atoms with Crippen LogP contribution in [0.25, 0.3) is 12.5 Å². The third-order valence-corrected chi connectivity index (χ3v) is 0.741. The van der Waals surface area contributed by atoms with E-state index in [0.717, 1.165) is 0 Å². The topological polar surface area (TPSA) is 92.0 Å². The SMILES string of the molecule is OC=c1nnc(=CO)nn1. The third kappa shape index (κ3) is 1.16. The first-order chi connectivity index (χ1) is 4.86. The molecule has 0 aliphatic carbocycles. The highest BCUT2D eigenvalue weighted by Crippen LogP contribution is 1.44. The average Bonchev–Trinajstić information content (AvgIpc) is 2.05. The Morgan fingerprint density at radius 3 is 1.30 bits per heavy atom. The summed E-state index contributed by atoms with van der Waals surface area (Å²) in [6, 6.07) is 0. The lowest BCUT2D eigenvalue weighted by atomic mass is 10.9. The van der Waals surface area contributed by atoms with Crippen molar-refractivity contribution in [2.24, 2.45) is 0 Å². The molecule has 0 fully saturated rings. The Bertz CT molecular complexity index is 266. The molecule has 6 heteroatoms. The first-order valence-electron chi connectivity index (χ1n) is 2.39. The molecule has 0 spiro atoms. The molecule has 0 radical (unpaired) electrons. The lowest BCUT2D eigenvalue weighted by Gasteiger charge is -1.79. The van der Waals surface area contributed by atoms with Crippen molar-refractivity contribution >= 4 is 12.5 Å². The number of aromatic nitrogens is 4. The van der Waals surface area contributed by atoms with Gasteiger partial charge in [-0.05, 0) is 0 Å². The zero-order valence-electron chi connectivity index (χ0n) is 4.84. The number of nitrogens with zero attached hydrogens (tertiary/aromatic N) is 4. The molecule has 10 heavy (non-hydrogen) atoms. The van der Waals surface area contributed by atoms with Gasteiger partial charge in [-0.3, -0.25) is 0 Å². The molecular weight excluding hydrogens is 136 g/mol. The molecule has 0 bridgehead atoms. The fourth-order valence-corrected chi connectivity index (χ4v) is 0.348. The maximum Gasteiger partial charge on any atom is 0.230 e. The van der Waals surface area contributed by atoms with Gasteiger partial charge in [-0.1, -0.05) is 0 Å². The Balaban J connectivity index is 3.28. The van der Waals surface area contributed by atoms with Gasteiger partial charge in [-0.2, -0.15) is 0 Å². The molecule has 0 aliphatic heterocycles. The number of aliphatic hydroxyl groups is 2. The molecule has 0 atom stereocenters. The summed E-state index contributed by atoms with van der Waals surface area (Å²) in [5, 5.41) is 30.0. The maximum atomic E-state index is 8.30. The average molecular weight is 140 g/mol. The smallest absolute Gasteiger partial charge is 0.230 e. The van der Waals surface area contributed by atoms with Gasteiger partial charge in [0.25, 0.3) is 0 Å². The Morgan fingerprint density at radius 2 is 1.10 bits per heavy atom. The fourth-order valence-electron chi connectivity index (χ4n) is 0.348. The molecular formula is C4H4N4O2. The van der Waals surface area contributed by atoms with E-state index in [1.165, 1.54) is 0 Å². The van der Waals surface area contributed by atoms with E-state index in [9.17, 15) is 0 Å². The van der Waals surface area contributed by atoms with E-state index in [4.69, 9.17) is 10.2 Å². The predicted octanol–water partition coefficient (Wildman–Crippen LogP) is -2.14. The summed E-state index contributed by atoms with van der Waals surface area (Å²) in [6.07, 6.45) is 1.34. The standard InChI is InChI=1S/C4H4N4O2/c9-1-3-5-7-4(2-10)8-6-3/h1-2,9-10H. The zero-order chi connectivity index (χ0) is 7.40. The second kappa shape index (κ2) is 2.72. The van der Waals surface area contributed by atoms with Gasteiger partial charge in [-0.15, -0.1) is 20.4 Å². The molecule has 6 nitrogen and oxygen atoms in total. The number of rotatable bonds is 0. The molecule has 52 valence electrons. The normalized spacial score (nSPS) is 8.80. The molecule has 0 amide bonds. The highest BCUT2D eigenvalue weighted by molar-refractivity contribution is 4.98. The van der Waals surface area contributed by atoms with Gasteiger partial charge in [0.1, 0.15) is 12.5 Å². The molecule has 0 aliphatic rings. The molecule has 1 aromatic heterocycles. The fraction of sp³-hybridized carbons (Fsp3) is 0. The van der Waals surface area contributed by atoms with Gasteiger partial charge in [0.15, 0.2) is 0 Å². The van der Waals surface area contributed by atoms with Crippen LogP contribution in [-0.4, -0.2) is 30.6 Å². The largest absolute Gasteiger partial charge is 0.512 e. The minimum atomic E-state index is 0.00519. The van der Waals surface area contributed by atoms with Crippen LogP contribution in [0.1, 0.15) is 0 Å². The monoisotopic (exact) mass is 140 g/mol. The quantitative estimate of drug-likeness (QED) is 0.427. The van der Waals surface area contributed by atoms with Crippen molar-refractivity contribution in [1.82, 2.24) is 20.4 Å². The lowest BCUT2D eigenvalue weighted by Crippen LogP contribution is -2.26. The first kappa shape index (κ1) is 6.40. The van der Waals surface area contributed by atoms with Crippen molar-refractivity contribution in [3.8, 4) is 0 Å². The van der Waals surface area contributed by atoms with Gasteiger partial charge in [0, 0.05) is 0 Å². The van der Waals surface area contributed by atoms with Gasteiger partial charge in [0.2, 0.25) is 11.0 Å². The van der Waals surface area contributed by atoms with Crippen molar-refractivity contribution in [3.63, 3.8) is 0 Å². The first-order valence-corrected chi connectivity index (χ1v) is 2.39. The number of aliphatic hydroxyl groups excluding tert-OH is 2. The van der Waals surface area contributed by atoms with E-state index in [2.05, 4.69) is 20.4 Å². The molecule has 1 aromatic rings. The summed E-state index contributed by atoms with van der Waals surface area (Å²) in [5.41, 5.74) is 0.0104. The van der Waals surface area contributed by atoms with E-state index < -0.39 is 0 Å². The maximum absolute atomic E-state index is 8.30. The van der Waals surface area contributed by atoms with Crippen molar-refractivity contribution in [2.45, 2.75) is 0 Å². The van der Waals surface area contributed by atoms with Crippen LogP contribution in [-0.2, 0) is 0 Å². The molecule has 0 saturated carbocycles. The molecule has 0 aromatic carbocycles. The number of hydrogen-bond acceptors (Lipinski definition) is 6. The van der Waals surface area contributed by atoms with E-state index in [1.54, 1.807) is 0 Å². The molecule has 2 N–H and O–H groups in total.